The maximum Gasteiger partial charge on any atom is 0.278 e. The van der Waals surface area contributed by atoms with Crippen LogP contribution in [0.4, 0.5) is 0 Å². The summed E-state index contributed by atoms with van der Waals surface area (Å²) in [6, 6.07) is 9.30. The Bertz CT molecular complexity index is 1270. The summed E-state index contributed by atoms with van der Waals surface area (Å²) in [6.45, 7) is 4.03. The van der Waals surface area contributed by atoms with E-state index in [4.69, 9.17) is 5.84 Å². The van der Waals surface area contributed by atoms with E-state index in [0.717, 1.165) is 21.5 Å². The van der Waals surface area contributed by atoms with E-state index in [1.54, 1.807) is 22.9 Å². The number of aryl methyl sites for hydroxylation is 2. The Hall–Kier alpha value is -3.41. The van der Waals surface area contributed by atoms with E-state index in [1.165, 1.54) is 12.4 Å². The number of benzene rings is 1. The number of nitrogen functional groups attached to an aromatic ring is 1. The zero-order chi connectivity index (χ0) is 17.7. The molecule has 124 valence electrons. The Kier molecular flexibility index (Phi) is 3.21. The lowest BCUT2D eigenvalue weighted by Crippen LogP contribution is -2.27. The van der Waals surface area contributed by atoms with Crippen LogP contribution >= 0.6 is 0 Å². The first-order valence-electron chi connectivity index (χ1n) is 7.86. The van der Waals surface area contributed by atoms with Gasteiger partial charge < -0.3 is 5.84 Å². The third-order valence-corrected chi connectivity index (χ3v) is 4.60. The molecule has 25 heavy (non-hydrogen) atoms. The first-order chi connectivity index (χ1) is 12.0. The zero-order valence-electron chi connectivity index (χ0n) is 13.9. The molecule has 0 saturated carbocycles. The van der Waals surface area contributed by atoms with Crippen LogP contribution < -0.4 is 17.0 Å². The third kappa shape index (κ3) is 2.22. The highest BCUT2D eigenvalue weighted by Gasteiger charge is 2.12. The van der Waals surface area contributed by atoms with Gasteiger partial charge in [0.15, 0.2) is 0 Å². The molecule has 4 aromatic rings. The number of nitrogens with two attached hydrogens (primary N) is 1. The Labute approximate surface area is 142 Å². The van der Waals surface area contributed by atoms with Crippen molar-refractivity contribution < 1.29 is 0 Å². The van der Waals surface area contributed by atoms with Crippen LogP contribution in [0.2, 0.25) is 0 Å². The van der Waals surface area contributed by atoms with Gasteiger partial charge in [0.05, 0.1) is 16.3 Å². The fourth-order valence-electron chi connectivity index (χ4n) is 3.01. The largest absolute Gasteiger partial charge is 0.336 e. The molecule has 0 unspecified atom stereocenters. The lowest BCUT2D eigenvalue weighted by molar-refractivity contribution is 0.952. The van der Waals surface area contributed by atoms with Gasteiger partial charge in [-0.25, -0.2) is 4.68 Å². The molecule has 6 nitrogen and oxygen atoms in total. The average Bonchev–Trinajstić information content (AvgIpc) is 2.60. The SMILES string of the molecule is Cc1ccc(-n2ccc3ncc4c(=O)n(N)ccc4c3c2=O)cc1C. The monoisotopic (exact) mass is 332 g/mol. The quantitative estimate of drug-likeness (QED) is 0.427. The summed E-state index contributed by atoms with van der Waals surface area (Å²) < 4.78 is 2.56. The number of aromatic nitrogens is 3. The normalized spacial score (nSPS) is 11.3. The Morgan fingerprint density at radius 1 is 0.920 bits per heavy atom. The van der Waals surface area contributed by atoms with Gasteiger partial charge in [-0.05, 0) is 49.2 Å². The summed E-state index contributed by atoms with van der Waals surface area (Å²) in [5, 5.41) is 1.29. The highest BCUT2D eigenvalue weighted by atomic mass is 16.1. The molecular formula is C19H16N4O2. The molecule has 0 atom stereocenters. The molecular weight excluding hydrogens is 316 g/mol. The second-order valence-corrected chi connectivity index (χ2v) is 6.13. The van der Waals surface area contributed by atoms with Crippen LogP contribution in [-0.2, 0) is 0 Å². The summed E-state index contributed by atoms with van der Waals surface area (Å²) >= 11 is 0. The summed E-state index contributed by atoms with van der Waals surface area (Å²) in [4.78, 5) is 29.6. The fraction of sp³-hybridized carbons (Fsp3) is 0.105. The van der Waals surface area contributed by atoms with Crippen molar-refractivity contribution in [3.05, 3.63) is 80.8 Å². The van der Waals surface area contributed by atoms with Crippen LogP contribution in [0.1, 0.15) is 11.1 Å². The third-order valence-electron chi connectivity index (χ3n) is 4.60. The lowest BCUT2D eigenvalue weighted by Gasteiger charge is -2.10. The van der Waals surface area contributed by atoms with E-state index in [2.05, 4.69) is 4.98 Å². The first-order valence-corrected chi connectivity index (χ1v) is 7.86. The number of hydrogen-bond acceptors (Lipinski definition) is 4. The number of hydrogen-bond donors (Lipinski definition) is 1. The van der Waals surface area contributed by atoms with Crippen molar-refractivity contribution >= 4 is 21.7 Å². The Morgan fingerprint density at radius 2 is 1.72 bits per heavy atom. The Morgan fingerprint density at radius 3 is 2.48 bits per heavy atom. The van der Waals surface area contributed by atoms with Gasteiger partial charge >= 0.3 is 0 Å². The maximum atomic E-state index is 13.1. The second kappa shape index (κ2) is 5.31. The summed E-state index contributed by atoms with van der Waals surface area (Å²) in [5.74, 6) is 5.61. The highest BCUT2D eigenvalue weighted by molar-refractivity contribution is 6.04. The van der Waals surface area contributed by atoms with Gasteiger partial charge in [0.2, 0.25) is 0 Å². The molecule has 0 aliphatic rings. The predicted octanol–water partition coefficient (Wildman–Crippen LogP) is 2.03. The maximum absolute atomic E-state index is 13.1. The van der Waals surface area contributed by atoms with Crippen molar-refractivity contribution in [2.45, 2.75) is 13.8 Å². The van der Waals surface area contributed by atoms with Gasteiger partial charge in [0, 0.05) is 29.7 Å². The number of fused-ring (bicyclic) bond motifs is 3. The average molecular weight is 332 g/mol. The fourth-order valence-corrected chi connectivity index (χ4v) is 3.01. The zero-order valence-corrected chi connectivity index (χ0v) is 13.9. The summed E-state index contributed by atoms with van der Waals surface area (Å²) in [5.41, 5.74) is 2.99. The van der Waals surface area contributed by atoms with Crippen LogP contribution in [0.15, 0.2) is 58.5 Å². The lowest BCUT2D eigenvalue weighted by atomic mass is 10.1. The molecule has 0 saturated heterocycles. The standard InChI is InChI=1S/C19H16N4O2/c1-11-3-4-13(9-12(11)2)22-7-6-16-17(19(22)25)14-5-8-23(20)18(24)15(14)10-21-16/h3-10H,20H2,1-2H3. The van der Waals surface area contributed by atoms with E-state index >= 15 is 0 Å². The van der Waals surface area contributed by atoms with Crippen molar-refractivity contribution in [1.29, 1.82) is 0 Å². The molecule has 2 N–H and O–H groups in total. The van der Waals surface area contributed by atoms with E-state index in [0.29, 0.717) is 21.7 Å². The van der Waals surface area contributed by atoms with Crippen LogP contribution in [-0.4, -0.2) is 14.2 Å². The summed E-state index contributed by atoms with van der Waals surface area (Å²) in [6.07, 6.45) is 4.62. The van der Waals surface area contributed by atoms with Crippen molar-refractivity contribution in [2.24, 2.45) is 0 Å². The van der Waals surface area contributed by atoms with Crippen molar-refractivity contribution in [3.63, 3.8) is 0 Å². The molecule has 0 aliphatic heterocycles. The van der Waals surface area contributed by atoms with E-state index in [9.17, 15) is 9.59 Å². The second-order valence-electron chi connectivity index (χ2n) is 6.13. The van der Waals surface area contributed by atoms with Crippen LogP contribution in [0.5, 0.6) is 0 Å². The van der Waals surface area contributed by atoms with E-state index < -0.39 is 0 Å². The molecule has 0 fully saturated rings. The molecule has 0 spiro atoms. The predicted molar refractivity (Wildman–Crippen MR) is 98.7 cm³/mol. The van der Waals surface area contributed by atoms with Gasteiger partial charge in [0.1, 0.15) is 0 Å². The van der Waals surface area contributed by atoms with Gasteiger partial charge in [-0.2, -0.15) is 0 Å². The van der Waals surface area contributed by atoms with Gasteiger partial charge in [-0.3, -0.25) is 19.1 Å². The molecule has 6 heteroatoms. The highest BCUT2D eigenvalue weighted by Crippen LogP contribution is 2.19. The molecule has 4 rings (SSSR count). The minimum absolute atomic E-state index is 0.215. The van der Waals surface area contributed by atoms with Crippen LogP contribution in [0.25, 0.3) is 27.4 Å². The van der Waals surface area contributed by atoms with E-state index in [1.807, 2.05) is 32.0 Å². The van der Waals surface area contributed by atoms with Crippen LogP contribution in [0.3, 0.4) is 0 Å². The Balaban J connectivity index is 2.12. The van der Waals surface area contributed by atoms with Crippen LogP contribution in [0, 0.1) is 13.8 Å². The molecule has 1 aromatic carbocycles. The van der Waals surface area contributed by atoms with Gasteiger partial charge in [-0.15, -0.1) is 0 Å². The van der Waals surface area contributed by atoms with Gasteiger partial charge in [0.25, 0.3) is 11.1 Å². The molecule has 0 amide bonds. The number of nitrogens with zero attached hydrogens (tertiary/aromatic N) is 3. The van der Waals surface area contributed by atoms with Crippen molar-refractivity contribution in [2.75, 3.05) is 5.84 Å². The van der Waals surface area contributed by atoms with Crippen molar-refractivity contribution in [1.82, 2.24) is 14.2 Å². The smallest absolute Gasteiger partial charge is 0.278 e. The minimum atomic E-state index is -0.382. The van der Waals surface area contributed by atoms with E-state index in [-0.39, 0.29) is 11.1 Å². The number of pyridine rings is 3. The van der Waals surface area contributed by atoms with Crippen molar-refractivity contribution in [3.8, 4) is 5.69 Å². The summed E-state index contributed by atoms with van der Waals surface area (Å²) in [7, 11) is 0. The minimum Gasteiger partial charge on any atom is -0.336 e. The topological polar surface area (TPSA) is 82.9 Å². The van der Waals surface area contributed by atoms with Gasteiger partial charge in [-0.1, -0.05) is 6.07 Å². The number of rotatable bonds is 1. The molecule has 0 bridgehead atoms. The molecule has 3 aromatic heterocycles. The molecule has 0 aliphatic carbocycles. The molecule has 3 heterocycles. The molecule has 0 radical (unpaired) electrons. The first kappa shape index (κ1) is 15.1.